The predicted molar refractivity (Wildman–Crippen MR) is 64.9 cm³/mol. The molecule has 0 bridgehead atoms. The van der Waals surface area contributed by atoms with E-state index in [1.54, 1.807) is 19.2 Å². The maximum Gasteiger partial charge on any atom is 0.151 e. The first-order chi connectivity index (χ1) is 8.56. The SMILES string of the molecule is Cc1nccc(CNc2cc(F)cc(F)c2N)n1. The number of nitrogens with two attached hydrogens (primary N) is 1. The second-order valence-electron chi connectivity index (χ2n) is 3.80. The van der Waals surface area contributed by atoms with Gasteiger partial charge in [0.15, 0.2) is 5.82 Å². The van der Waals surface area contributed by atoms with E-state index in [4.69, 9.17) is 5.73 Å². The lowest BCUT2D eigenvalue weighted by atomic mass is 10.2. The Labute approximate surface area is 103 Å². The molecule has 0 unspecified atom stereocenters. The highest BCUT2D eigenvalue weighted by Gasteiger charge is 2.08. The van der Waals surface area contributed by atoms with Gasteiger partial charge in [0.1, 0.15) is 11.6 Å². The van der Waals surface area contributed by atoms with Crippen molar-refractivity contribution in [1.29, 1.82) is 0 Å². The molecule has 1 heterocycles. The second kappa shape index (κ2) is 4.95. The number of aromatic nitrogens is 2. The van der Waals surface area contributed by atoms with Gasteiger partial charge in [0, 0.05) is 12.3 Å². The molecular weight excluding hydrogens is 238 g/mol. The van der Waals surface area contributed by atoms with Gasteiger partial charge in [-0.15, -0.1) is 0 Å². The van der Waals surface area contributed by atoms with Crippen LogP contribution in [0.4, 0.5) is 20.2 Å². The molecule has 6 heteroatoms. The van der Waals surface area contributed by atoms with Crippen molar-refractivity contribution in [2.45, 2.75) is 13.5 Å². The molecule has 4 nitrogen and oxygen atoms in total. The fraction of sp³-hybridized carbons (Fsp3) is 0.167. The van der Waals surface area contributed by atoms with Gasteiger partial charge >= 0.3 is 0 Å². The first kappa shape index (κ1) is 12.2. The second-order valence-corrected chi connectivity index (χ2v) is 3.80. The maximum atomic E-state index is 13.2. The van der Waals surface area contributed by atoms with Crippen LogP contribution in [0.3, 0.4) is 0 Å². The van der Waals surface area contributed by atoms with Gasteiger partial charge in [0.2, 0.25) is 0 Å². The largest absolute Gasteiger partial charge is 0.395 e. The molecule has 0 atom stereocenters. The molecule has 0 saturated carbocycles. The molecule has 0 aliphatic carbocycles. The summed E-state index contributed by atoms with van der Waals surface area (Å²) in [5, 5.41) is 2.84. The summed E-state index contributed by atoms with van der Waals surface area (Å²) in [4.78, 5) is 8.12. The van der Waals surface area contributed by atoms with Crippen LogP contribution in [-0.4, -0.2) is 9.97 Å². The molecule has 2 rings (SSSR count). The lowest BCUT2D eigenvalue weighted by Crippen LogP contribution is -2.06. The molecule has 1 aromatic heterocycles. The summed E-state index contributed by atoms with van der Waals surface area (Å²) < 4.78 is 26.2. The van der Waals surface area contributed by atoms with Gasteiger partial charge in [0.25, 0.3) is 0 Å². The van der Waals surface area contributed by atoms with Gasteiger partial charge in [-0.3, -0.25) is 0 Å². The Balaban J connectivity index is 2.15. The van der Waals surface area contributed by atoms with E-state index in [1.165, 1.54) is 0 Å². The minimum atomic E-state index is -0.781. The van der Waals surface area contributed by atoms with Crippen LogP contribution in [0.15, 0.2) is 24.4 Å². The number of halogens is 2. The van der Waals surface area contributed by atoms with Gasteiger partial charge < -0.3 is 11.1 Å². The summed E-state index contributed by atoms with van der Waals surface area (Å²) in [6.45, 7) is 2.08. The number of hydrogen-bond acceptors (Lipinski definition) is 4. The van der Waals surface area contributed by atoms with Crippen molar-refractivity contribution in [2.24, 2.45) is 0 Å². The average Bonchev–Trinajstić information content (AvgIpc) is 2.32. The molecule has 0 radical (unpaired) electrons. The van der Waals surface area contributed by atoms with E-state index >= 15 is 0 Å². The molecule has 94 valence electrons. The van der Waals surface area contributed by atoms with Crippen LogP contribution < -0.4 is 11.1 Å². The van der Waals surface area contributed by atoms with Crippen LogP contribution in [0, 0.1) is 18.6 Å². The summed E-state index contributed by atoms with van der Waals surface area (Å²) >= 11 is 0. The van der Waals surface area contributed by atoms with Gasteiger partial charge in [0.05, 0.1) is 23.6 Å². The van der Waals surface area contributed by atoms with E-state index in [0.29, 0.717) is 18.1 Å². The normalized spacial score (nSPS) is 10.4. The smallest absolute Gasteiger partial charge is 0.151 e. The first-order valence-electron chi connectivity index (χ1n) is 5.33. The standard InChI is InChI=1S/C12H12F2N4/c1-7-16-3-2-9(18-7)6-17-11-5-8(13)4-10(14)12(11)15/h2-5,17H,6,15H2,1H3. The molecule has 0 aliphatic heterocycles. The number of aryl methyl sites for hydroxylation is 1. The third-order valence-corrected chi connectivity index (χ3v) is 2.39. The fourth-order valence-electron chi connectivity index (χ4n) is 1.52. The Kier molecular flexibility index (Phi) is 3.36. The van der Waals surface area contributed by atoms with Gasteiger partial charge in [-0.2, -0.15) is 0 Å². The Morgan fingerprint density at radius 1 is 1.33 bits per heavy atom. The van der Waals surface area contributed by atoms with Crippen molar-refractivity contribution < 1.29 is 8.78 Å². The van der Waals surface area contributed by atoms with E-state index < -0.39 is 11.6 Å². The van der Waals surface area contributed by atoms with Crippen LogP contribution in [0.2, 0.25) is 0 Å². The lowest BCUT2D eigenvalue weighted by Gasteiger charge is -2.10. The predicted octanol–water partition coefficient (Wildman–Crippen LogP) is 2.26. The van der Waals surface area contributed by atoms with Crippen molar-refractivity contribution in [3.8, 4) is 0 Å². The Morgan fingerprint density at radius 3 is 2.83 bits per heavy atom. The van der Waals surface area contributed by atoms with Crippen LogP contribution in [0.1, 0.15) is 11.5 Å². The van der Waals surface area contributed by atoms with Crippen molar-refractivity contribution >= 4 is 11.4 Å². The van der Waals surface area contributed by atoms with Crippen molar-refractivity contribution in [1.82, 2.24) is 9.97 Å². The quantitative estimate of drug-likeness (QED) is 0.820. The summed E-state index contributed by atoms with van der Waals surface area (Å²) in [7, 11) is 0. The van der Waals surface area contributed by atoms with Crippen LogP contribution in [-0.2, 0) is 6.54 Å². The van der Waals surface area contributed by atoms with E-state index in [2.05, 4.69) is 15.3 Å². The molecular formula is C12H12F2N4. The van der Waals surface area contributed by atoms with Crippen LogP contribution in [0.25, 0.3) is 0 Å². The zero-order chi connectivity index (χ0) is 13.1. The van der Waals surface area contributed by atoms with E-state index in [0.717, 1.165) is 12.1 Å². The molecule has 1 aromatic carbocycles. The first-order valence-corrected chi connectivity index (χ1v) is 5.33. The van der Waals surface area contributed by atoms with Gasteiger partial charge in [-0.05, 0) is 19.1 Å². The molecule has 0 spiro atoms. The minimum Gasteiger partial charge on any atom is -0.395 e. The summed E-state index contributed by atoms with van der Waals surface area (Å²) in [5.41, 5.74) is 6.33. The van der Waals surface area contributed by atoms with Gasteiger partial charge in [-0.25, -0.2) is 18.7 Å². The molecule has 0 aliphatic rings. The molecule has 0 fully saturated rings. The third kappa shape index (κ3) is 2.71. The van der Waals surface area contributed by atoms with Crippen LogP contribution >= 0.6 is 0 Å². The van der Waals surface area contributed by atoms with Crippen molar-refractivity contribution in [3.05, 3.63) is 47.5 Å². The highest BCUT2D eigenvalue weighted by atomic mass is 19.1. The average molecular weight is 250 g/mol. The molecule has 18 heavy (non-hydrogen) atoms. The Hall–Kier alpha value is -2.24. The number of anilines is 2. The highest BCUT2D eigenvalue weighted by molar-refractivity contribution is 5.66. The Bertz CT molecular complexity index is 572. The minimum absolute atomic E-state index is 0.109. The molecule has 3 N–H and O–H groups in total. The number of nitrogen functional groups attached to an aromatic ring is 1. The van der Waals surface area contributed by atoms with E-state index in [9.17, 15) is 8.78 Å². The molecule has 0 amide bonds. The number of nitrogens with zero attached hydrogens (tertiary/aromatic N) is 2. The van der Waals surface area contributed by atoms with E-state index in [1.807, 2.05) is 0 Å². The lowest BCUT2D eigenvalue weighted by molar-refractivity contribution is 0.587. The summed E-state index contributed by atoms with van der Waals surface area (Å²) in [6.07, 6.45) is 1.62. The fourth-order valence-corrected chi connectivity index (χ4v) is 1.52. The molecule has 0 saturated heterocycles. The Morgan fingerprint density at radius 2 is 2.11 bits per heavy atom. The number of hydrogen-bond donors (Lipinski definition) is 2. The zero-order valence-corrected chi connectivity index (χ0v) is 9.74. The highest BCUT2D eigenvalue weighted by Crippen LogP contribution is 2.23. The number of nitrogens with one attached hydrogen (secondary N) is 1. The molecule has 2 aromatic rings. The summed E-state index contributed by atoms with van der Waals surface area (Å²) in [5.74, 6) is -0.827. The number of benzene rings is 1. The van der Waals surface area contributed by atoms with Crippen molar-refractivity contribution in [2.75, 3.05) is 11.1 Å². The maximum absolute atomic E-state index is 13.2. The van der Waals surface area contributed by atoms with Crippen molar-refractivity contribution in [3.63, 3.8) is 0 Å². The van der Waals surface area contributed by atoms with Gasteiger partial charge in [-0.1, -0.05) is 0 Å². The third-order valence-electron chi connectivity index (χ3n) is 2.39. The topological polar surface area (TPSA) is 63.8 Å². The summed E-state index contributed by atoms with van der Waals surface area (Å²) in [6, 6.07) is 3.60. The monoisotopic (exact) mass is 250 g/mol. The van der Waals surface area contributed by atoms with Crippen LogP contribution in [0.5, 0.6) is 0 Å². The zero-order valence-electron chi connectivity index (χ0n) is 9.74. The number of rotatable bonds is 3. The van der Waals surface area contributed by atoms with E-state index in [-0.39, 0.29) is 11.4 Å².